The lowest BCUT2D eigenvalue weighted by molar-refractivity contribution is 0.0995. The third-order valence-corrected chi connectivity index (χ3v) is 3.29. The SMILES string of the molecule is CCCCc1nnc(NC(=O)c2ccc(C)o2)s1. The lowest BCUT2D eigenvalue weighted by atomic mass is 10.3. The number of hydrogen-bond acceptors (Lipinski definition) is 5. The summed E-state index contributed by atoms with van der Waals surface area (Å²) in [5.41, 5.74) is 0. The minimum absolute atomic E-state index is 0.290. The number of aromatic nitrogens is 2. The van der Waals surface area contributed by atoms with Crippen molar-refractivity contribution < 1.29 is 9.21 Å². The molecule has 5 nitrogen and oxygen atoms in total. The van der Waals surface area contributed by atoms with Gasteiger partial charge in [0.2, 0.25) is 5.13 Å². The predicted molar refractivity (Wildman–Crippen MR) is 69.9 cm³/mol. The highest BCUT2D eigenvalue weighted by atomic mass is 32.1. The average Bonchev–Trinajstić information content (AvgIpc) is 2.96. The second kappa shape index (κ2) is 5.77. The summed E-state index contributed by atoms with van der Waals surface area (Å²) < 4.78 is 5.23. The molecule has 96 valence electrons. The van der Waals surface area contributed by atoms with Crippen molar-refractivity contribution in [3.8, 4) is 0 Å². The van der Waals surface area contributed by atoms with Gasteiger partial charge in [0, 0.05) is 6.42 Å². The van der Waals surface area contributed by atoms with Gasteiger partial charge in [-0.1, -0.05) is 24.7 Å². The van der Waals surface area contributed by atoms with Crippen LogP contribution in [0.4, 0.5) is 5.13 Å². The van der Waals surface area contributed by atoms with Gasteiger partial charge < -0.3 is 4.42 Å². The minimum atomic E-state index is -0.290. The van der Waals surface area contributed by atoms with E-state index in [1.807, 2.05) is 0 Å². The quantitative estimate of drug-likeness (QED) is 0.902. The van der Waals surface area contributed by atoms with Crippen molar-refractivity contribution in [1.29, 1.82) is 0 Å². The Morgan fingerprint density at radius 1 is 1.44 bits per heavy atom. The summed E-state index contributed by atoms with van der Waals surface area (Å²) in [6.45, 7) is 3.92. The Kier molecular flexibility index (Phi) is 4.09. The number of unbranched alkanes of at least 4 members (excludes halogenated alkanes) is 1. The molecule has 2 aromatic rings. The number of carbonyl (C=O) groups is 1. The highest BCUT2D eigenvalue weighted by Gasteiger charge is 2.12. The Labute approximate surface area is 109 Å². The molecule has 0 fully saturated rings. The van der Waals surface area contributed by atoms with Gasteiger partial charge in [-0.25, -0.2) is 0 Å². The molecule has 0 aliphatic carbocycles. The molecule has 2 heterocycles. The number of aryl methyl sites for hydroxylation is 2. The average molecular weight is 265 g/mol. The molecule has 0 aromatic carbocycles. The zero-order valence-corrected chi connectivity index (χ0v) is 11.2. The number of nitrogens with one attached hydrogen (secondary N) is 1. The molecule has 0 atom stereocenters. The third-order valence-electron chi connectivity index (χ3n) is 2.40. The fourth-order valence-corrected chi connectivity index (χ4v) is 2.23. The highest BCUT2D eigenvalue weighted by Crippen LogP contribution is 2.18. The van der Waals surface area contributed by atoms with Crippen molar-refractivity contribution in [3.05, 3.63) is 28.7 Å². The first-order chi connectivity index (χ1) is 8.69. The van der Waals surface area contributed by atoms with Crippen molar-refractivity contribution in [2.75, 3.05) is 5.32 Å². The molecule has 0 aliphatic heterocycles. The van der Waals surface area contributed by atoms with E-state index < -0.39 is 0 Å². The Morgan fingerprint density at radius 3 is 2.94 bits per heavy atom. The Hall–Kier alpha value is -1.69. The monoisotopic (exact) mass is 265 g/mol. The topological polar surface area (TPSA) is 68.0 Å². The third kappa shape index (κ3) is 3.16. The molecule has 6 heteroatoms. The Bertz CT molecular complexity index is 533. The van der Waals surface area contributed by atoms with Crippen LogP contribution in [0.2, 0.25) is 0 Å². The normalized spacial score (nSPS) is 10.6. The standard InChI is InChI=1S/C12H15N3O2S/c1-3-4-5-10-14-15-12(18-10)13-11(16)9-7-6-8(2)17-9/h6-7H,3-5H2,1-2H3,(H,13,15,16). The summed E-state index contributed by atoms with van der Waals surface area (Å²) in [6, 6.07) is 3.39. The molecular weight excluding hydrogens is 250 g/mol. The van der Waals surface area contributed by atoms with Crippen LogP contribution in [-0.4, -0.2) is 16.1 Å². The summed E-state index contributed by atoms with van der Waals surface area (Å²) >= 11 is 1.41. The number of anilines is 1. The first kappa shape index (κ1) is 12.8. The largest absolute Gasteiger partial charge is 0.456 e. The summed E-state index contributed by atoms with van der Waals surface area (Å²) in [6.07, 6.45) is 3.11. The number of furan rings is 1. The number of hydrogen-bond donors (Lipinski definition) is 1. The van der Waals surface area contributed by atoms with Crippen LogP contribution in [0.25, 0.3) is 0 Å². The van der Waals surface area contributed by atoms with E-state index in [-0.39, 0.29) is 11.7 Å². The molecule has 2 rings (SSSR count). The first-order valence-electron chi connectivity index (χ1n) is 5.89. The van der Waals surface area contributed by atoms with Gasteiger partial charge in [-0.05, 0) is 25.5 Å². The van der Waals surface area contributed by atoms with Crippen LogP contribution < -0.4 is 5.32 Å². The van der Waals surface area contributed by atoms with Gasteiger partial charge in [-0.3, -0.25) is 10.1 Å². The zero-order valence-electron chi connectivity index (χ0n) is 10.4. The minimum Gasteiger partial charge on any atom is -0.456 e. The number of carbonyl (C=O) groups excluding carboxylic acids is 1. The van der Waals surface area contributed by atoms with E-state index in [2.05, 4.69) is 22.4 Å². The molecule has 0 unspecified atom stereocenters. The van der Waals surface area contributed by atoms with Crippen LogP contribution >= 0.6 is 11.3 Å². The number of amides is 1. The molecule has 0 aliphatic rings. The van der Waals surface area contributed by atoms with Crippen LogP contribution in [0.3, 0.4) is 0 Å². The number of nitrogens with zero attached hydrogens (tertiary/aromatic N) is 2. The van der Waals surface area contributed by atoms with Gasteiger partial charge in [0.05, 0.1) is 0 Å². The van der Waals surface area contributed by atoms with E-state index in [0.29, 0.717) is 10.9 Å². The van der Waals surface area contributed by atoms with Gasteiger partial charge in [0.1, 0.15) is 10.8 Å². The Balaban J connectivity index is 1.97. The van der Waals surface area contributed by atoms with Crippen LogP contribution in [-0.2, 0) is 6.42 Å². The summed E-state index contributed by atoms with van der Waals surface area (Å²) in [4.78, 5) is 11.8. The molecule has 0 spiro atoms. The lowest BCUT2D eigenvalue weighted by Gasteiger charge is -1.96. The summed E-state index contributed by atoms with van der Waals surface area (Å²) in [5, 5.41) is 12.1. The smallest absolute Gasteiger partial charge is 0.293 e. The maximum absolute atomic E-state index is 11.8. The number of rotatable bonds is 5. The van der Waals surface area contributed by atoms with Gasteiger partial charge in [0.15, 0.2) is 5.76 Å². The zero-order chi connectivity index (χ0) is 13.0. The summed E-state index contributed by atoms with van der Waals surface area (Å²) in [5.74, 6) is 0.708. The molecular formula is C12H15N3O2S. The molecule has 0 radical (unpaired) electrons. The lowest BCUT2D eigenvalue weighted by Crippen LogP contribution is -2.10. The maximum Gasteiger partial charge on any atom is 0.293 e. The molecule has 0 bridgehead atoms. The summed E-state index contributed by atoms with van der Waals surface area (Å²) in [7, 11) is 0. The predicted octanol–water partition coefficient (Wildman–Crippen LogP) is 3.03. The molecule has 2 aromatic heterocycles. The van der Waals surface area contributed by atoms with Crippen molar-refractivity contribution >= 4 is 22.4 Å². The van der Waals surface area contributed by atoms with E-state index in [4.69, 9.17) is 4.42 Å². The highest BCUT2D eigenvalue weighted by molar-refractivity contribution is 7.15. The fraction of sp³-hybridized carbons (Fsp3) is 0.417. The van der Waals surface area contributed by atoms with Crippen molar-refractivity contribution in [1.82, 2.24) is 10.2 Å². The first-order valence-corrected chi connectivity index (χ1v) is 6.71. The van der Waals surface area contributed by atoms with Crippen LogP contribution in [0.5, 0.6) is 0 Å². The second-order valence-corrected chi connectivity index (χ2v) is 5.03. The Morgan fingerprint density at radius 2 is 2.28 bits per heavy atom. The van der Waals surface area contributed by atoms with Gasteiger partial charge in [-0.15, -0.1) is 10.2 Å². The van der Waals surface area contributed by atoms with E-state index in [9.17, 15) is 4.79 Å². The molecule has 1 N–H and O–H groups in total. The van der Waals surface area contributed by atoms with E-state index >= 15 is 0 Å². The van der Waals surface area contributed by atoms with Crippen molar-refractivity contribution in [2.45, 2.75) is 33.1 Å². The van der Waals surface area contributed by atoms with Crippen molar-refractivity contribution in [3.63, 3.8) is 0 Å². The van der Waals surface area contributed by atoms with E-state index in [1.54, 1.807) is 19.1 Å². The van der Waals surface area contributed by atoms with E-state index in [1.165, 1.54) is 11.3 Å². The van der Waals surface area contributed by atoms with Gasteiger partial charge in [0.25, 0.3) is 5.91 Å². The molecule has 0 saturated carbocycles. The van der Waals surface area contributed by atoms with Gasteiger partial charge in [-0.2, -0.15) is 0 Å². The molecule has 18 heavy (non-hydrogen) atoms. The molecule has 1 amide bonds. The fourth-order valence-electron chi connectivity index (χ4n) is 1.45. The van der Waals surface area contributed by atoms with Crippen LogP contribution in [0.15, 0.2) is 16.5 Å². The van der Waals surface area contributed by atoms with E-state index in [0.717, 1.165) is 24.3 Å². The molecule has 0 saturated heterocycles. The second-order valence-electron chi connectivity index (χ2n) is 3.97. The van der Waals surface area contributed by atoms with Crippen LogP contribution in [0.1, 0.15) is 41.1 Å². The van der Waals surface area contributed by atoms with Crippen molar-refractivity contribution in [2.24, 2.45) is 0 Å². The van der Waals surface area contributed by atoms with Gasteiger partial charge >= 0.3 is 0 Å². The van der Waals surface area contributed by atoms with Crippen LogP contribution in [0, 0.1) is 6.92 Å². The maximum atomic E-state index is 11.8.